The van der Waals surface area contributed by atoms with Crippen molar-refractivity contribution in [3.8, 4) is 0 Å². The Balaban J connectivity index is 1.84. The highest BCUT2D eigenvalue weighted by molar-refractivity contribution is 7.73. The van der Waals surface area contributed by atoms with Crippen LogP contribution in [0.3, 0.4) is 0 Å². The van der Waals surface area contributed by atoms with Crippen LogP contribution in [0.5, 0.6) is 0 Å². The van der Waals surface area contributed by atoms with Gasteiger partial charge in [0.2, 0.25) is 0 Å². The maximum Gasteiger partial charge on any atom is 0.0264 e. The highest BCUT2D eigenvalue weighted by Crippen LogP contribution is 2.33. The van der Waals surface area contributed by atoms with Crippen LogP contribution < -0.4 is 10.6 Å². The number of rotatable bonds is 5. The molecule has 2 heteroatoms. The first-order valence-electron chi connectivity index (χ1n) is 6.92. The smallest absolute Gasteiger partial charge is 0.0264 e. The van der Waals surface area contributed by atoms with Crippen molar-refractivity contribution in [2.45, 2.75) is 6.54 Å². The number of hydrogen-bond donors (Lipinski definition) is 0. The first-order valence-corrected chi connectivity index (χ1v) is 8.44. The molecule has 100 valence electrons. The Hall–Kier alpha value is -1.85. The van der Waals surface area contributed by atoms with Crippen molar-refractivity contribution in [3.05, 3.63) is 85.2 Å². The van der Waals surface area contributed by atoms with Crippen molar-refractivity contribution < 1.29 is 0 Å². The van der Waals surface area contributed by atoms with Gasteiger partial charge < -0.3 is 4.57 Å². The lowest BCUT2D eigenvalue weighted by molar-refractivity contribution is 0.776. The molecule has 3 rings (SSSR count). The second-order valence-electron chi connectivity index (χ2n) is 4.74. The lowest BCUT2D eigenvalue weighted by Gasteiger charge is -2.19. The molecule has 3 aromatic rings. The molecule has 20 heavy (non-hydrogen) atoms. The number of hydrogen-bond acceptors (Lipinski definition) is 0. The number of nitrogens with zero attached hydrogens (tertiary/aromatic N) is 1. The van der Waals surface area contributed by atoms with Crippen molar-refractivity contribution >= 4 is 18.5 Å². The van der Waals surface area contributed by atoms with Crippen molar-refractivity contribution in [3.63, 3.8) is 0 Å². The molecule has 0 spiro atoms. The molecule has 1 aromatic heterocycles. The largest absolute Gasteiger partial charge is 0.354 e. The predicted octanol–water partition coefficient (Wildman–Crippen LogP) is 3.62. The number of aryl methyl sites for hydroxylation is 1. The van der Waals surface area contributed by atoms with Crippen LogP contribution in [0.1, 0.15) is 0 Å². The van der Waals surface area contributed by atoms with Crippen molar-refractivity contribution in [1.29, 1.82) is 0 Å². The van der Waals surface area contributed by atoms with E-state index in [4.69, 9.17) is 0 Å². The van der Waals surface area contributed by atoms with E-state index in [1.165, 1.54) is 16.8 Å². The fraction of sp³-hybridized carbons (Fsp3) is 0.111. The summed E-state index contributed by atoms with van der Waals surface area (Å²) in [7, 11) is -0.276. The van der Waals surface area contributed by atoms with Crippen molar-refractivity contribution in [1.82, 2.24) is 4.57 Å². The normalized spacial score (nSPS) is 10.8. The lowest BCUT2D eigenvalue weighted by Crippen LogP contribution is -2.16. The molecule has 1 nitrogen and oxygen atoms in total. The van der Waals surface area contributed by atoms with Crippen LogP contribution in [0, 0.1) is 0 Å². The summed E-state index contributed by atoms with van der Waals surface area (Å²) in [5.41, 5.74) is 0. The molecule has 1 heterocycles. The molecule has 0 amide bonds. The van der Waals surface area contributed by atoms with E-state index < -0.39 is 0 Å². The van der Waals surface area contributed by atoms with E-state index in [9.17, 15) is 0 Å². The van der Waals surface area contributed by atoms with Gasteiger partial charge in [-0.15, -0.1) is 0 Å². The van der Waals surface area contributed by atoms with Gasteiger partial charge in [0.1, 0.15) is 0 Å². The van der Waals surface area contributed by atoms with Gasteiger partial charge in [-0.3, -0.25) is 0 Å². The second-order valence-corrected chi connectivity index (χ2v) is 7.08. The van der Waals surface area contributed by atoms with E-state index in [-0.39, 0.29) is 7.92 Å². The zero-order valence-electron chi connectivity index (χ0n) is 11.4. The quantitative estimate of drug-likeness (QED) is 0.629. The summed E-state index contributed by atoms with van der Waals surface area (Å²) in [4.78, 5) is 0. The van der Waals surface area contributed by atoms with Crippen LogP contribution in [0.2, 0.25) is 0 Å². The third kappa shape index (κ3) is 3.18. The van der Waals surface area contributed by atoms with E-state index in [0.29, 0.717) is 0 Å². The molecular weight excluding hydrogens is 261 g/mol. The van der Waals surface area contributed by atoms with E-state index in [1.54, 1.807) is 0 Å². The van der Waals surface area contributed by atoms with E-state index >= 15 is 0 Å². The highest BCUT2D eigenvalue weighted by atomic mass is 31.1. The van der Waals surface area contributed by atoms with Crippen LogP contribution in [0.25, 0.3) is 0 Å². The maximum absolute atomic E-state index is 2.27. The standard InChI is InChI=1S/C18H18NP/c1-3-9-17(10-4-1)20(18-11-5-2-6-12-18)16-15-19-13-7-8-14-19/h1-14H,15-16H2. The van der Waals surface area contributed by atoms with Crippen molar-refractivity contribution in [2.24, 2.45) is 0 Å². The lowest BCUT2D eigenvalue weighted by atomic mass is 10.4. The summed E-state index contributed by atoms with van der Waals surface area (Å²) >= 11 is 0. The molecule has 0 atom stereocenters. The average molecular weight is 279 g/mol. The summed E-state index contributed by atoms with van der Waals surface area (Å²) in [5.74, 6) is 0. The van der Waals surface area contributed by atoms with Gasteiger partial charge in [-0.1, -0.05) is 60.7 Å². The van der Waals surface area contributed by atoms with Crippen LogP contribution in [0.4, 0.5) is 0 Å². The molecule has 0 aliphatic heterocycles. The molecule has 0 radical (unpaired) electrons. The molecule has 2 aromatic carbocycles. The minimum absolute atomic E-state index is 0.276. The molecule has 0 aliphatic carbocycles. The molecule has 0 bridgehead atoms. The molecule has 0 saturated heterocycles. The van der Waals surface area contributed by atoms with E-state index in [1.807, 2.05) is 0 Å². The molecule has 0 aliphatic rings. The third-order valence-corrected chi connectivity index (χ3v) is 5.87. The molecule has 0 N–H and O–H groups in total. The highest BCUT2D eigenvalue weighted by Gasteiger charge is 2.12. The first-order chi connectivity index (χ1) is 9.93. The van der Waals surface area contributed by atoms with Gasteiger partial charge in [-0.25, -0.2) is 0 Å². The third-order valence-electron chi connectivity index (χ3n) is 3.38. The number of aromatic nitrogens is 1. The Morgan fingerprint density at radius 1 is 0.650 bits per heavy atom. The zero-order valence-corrected chi connectivity index (χ0v) is 12.3. The monoisotopic (exact) mass is 279 g/mol. The fourth-order valence-corrected chi connectivity index (χ4v) is 4.67. The van der Waals surface area contributed by atoms with Crippen LogP contribution in [-0.4, -0.2) is 10.7 Å². The Morgan fingerprint density at radius 2 is 1.15 bits per heavy atom. The Bertz CT molecular complexity index is 578. The van der Waals surface area contributed by atoms with Gasteiger partial charge in [0.15, 0.2) is 0 Å². The van der Waals surface area contributed by atoms with Crippen LogP contribution in [-0.2, 0) is 6.54 Å². The minimum atomic E-state index is -0.276. The summed E-state index contributed by atoms with van der Waals surface area (Å²) < 4.78 is 2.27. The fourth-order valence-electron chi connectivity index (χ4n) is 2.36. The van der Waals surface area contributed by atoms with Gasteiger partial charge in [0, 0.05) is 18.9 Å². The second kappa shape index (κ2) is 6.54. The Kier molecular flexibility index (Phi) is 4.30. The summed E-state index contributed by atoms with van der Waals surface area (Å²) in [6, 6.07) is 26.0. The van der Waals surface area contributed by atoms with Crippen molar-refractivity contribution in [2.75, 3.05) is 6.16 Å². The van der Waals surface area contributed by atoms with Gasteiger partial charge in [0.05, 0.1) is 0 Å². The molecule has 0 saturated carbocycles. The van der Waals surface area contributed by atoms with Gasteiger partial charge in [-0.2, -0.15) is 0 Å². The van der Waals surface area contributed by atoms with Crippen LogP contribution >= 0.6 is 7.92 Å². The van der Waals surface area contributed by atoms with E-state index in [0.717, 1.165) is 6.54 Å². The predicted molar refractivity (Wildman–Crippen MR) is 88.4 cm³/mol. The van der Waals surface area contributed by atoms with Crippen LogP contribution in [0.15, 0.2) is 85.2 Å². The Morgan fingerprint density at radius 3 is 1.65 bits per heavy atom. The van der Waals surface area contributed by atoms with Gasteiger partial charge in [-0.05, 0) is 36.8 Å². The molecule has 0 unspecified atom stereocenters. The maximum atomic E-state index is 2.27. The van der Waals surface area contributed by atoms with Gasteiger partial charge >= 0.3 is 0 Å². The zero-order chi connectivity index (χ0) is 13.6. The number of benzene rings is 2. The van der Waals surface area contributed by atoms with E-state index in [2.05, 4.69) is 89.8 Å². The topological polar surface area (TPSA) is 4.93 Å². The average Bonchev–Trinajstić information content (AvgIpc) is 3.03. The molecular formula is C18H18NP. The summed E-state index contributed by atoms with van der Waals surface area (Å²) in [5, 5.41) is 2.92. The first kappa shape index (κ1) is 13.1. The Labute approximate surface area is 121 Å². The SMILES string of the molecule is c1ccc(P(CCn2cccc2)c2ccccc2)cc1. The summed E-state index contributed by atoms with van der Waals surface area (Å²) in [6.45, 7) is 1.07. The molecule has 0 fully saturated rings. The van der Waals surface area contributed by atoms with Gasteiger partial charge in [0.25, 0.3) is 0 Å². The minimum Gasteiger partial charge on any atom is -0.354 e. The summed E-state index contributed by atoms with van der Waals surface area (Å²) in [6.07, 6.45) is 5.46.